The van der Waals surface area contributed by atoms with Crippen LogP contribution in [0.1, 0.15) is 85.6 Å². The zero-order valence-corrected chi connectivity index (χ0v) is 39.6. The molecule has 8 atom stereocenters. The average molecular weight is 955 g/mol. The summed E-state index contributed by atoms with van der Waals surface area (Å²) >= 11 is 0. The minimum absolute atomic E-state index is 0.0174. The zero-order valence-electron chi connectivity index (χ0n) is 39.6. The molecule has 5 aliphatic heterocycles. The number of allylic oxidation sites excluding steroid dienone is 3. The lowest BCUT2D eigenvalue weighted by molar-refractivity contribution is -0.159. The fraction of sp³-hybridized carbons (Fsp3) is 0.585. The van der Waals surface area contributed by atoms with Gasteiger partial charge in [-0.25, -0.2) is 4.79 Å². The predicted octanol–water partition coefficient (Wildman–Crippen LogP) is 1.77. The first kappa shape index (κ1) is 49.2. The van der Waals surface area contributed by atoms with Crippen LogP contribution in [-0.2, 0) is 43.3 Å². The van der Waals surface area contributed by atoms with E-state index in [-0.39, 0.29) is 109 Å². The van der Waals surface area contributed by atoms with Gasteiger partial charge in [0.05, 0.1) is 61.6 Å². The number of hydrogen-bond acceptors (Lipinski definition) is 16. The summed E-state index contributed by atoms with van der Waals surface area (Å²) in [5.74, 6) is -4.32. The number of carbonyl (C=O) groups excluding carboxylic acids is 3. The molecule has 0 amide bonds. The number of aryl methyl sites for hydroxylation is 1. The van der Waals surface area contributed by atoms with Gasteiger partial charge in [-0.2, -0.15) is 0 Å². The van der Waals surface area contributed by atoms with Crippen molar-refractivity contribution in [2.75, 3.05) is 79.5 Å². The fourth-order valence-electron chi connectivity index (χ4n) is 12.6. The molecule has 2 aliphatic carbocycles. The largest absolute Gasteiger partial charge is 0.492 e. The minimum atomic E-state index is -1.60. The van der Waals surface area contributed by atoms with Gasteiger partial charge in [-0.15, -0.1) is 0 Å². The number of aldehydes is 1. The Bertz CT molecular complexity index is 2570. The molecule has 16 nitrogen and oxygen atoms in total. The van der Waals surface area contributed by atoms with E-state index < -0.39 is 60.3 Å². The van der Waals surface area contributed by atoms with Gasteiger partial charge in [0.15, 0.2) is 6.29 Å². The van der Waals surface area contributed by atoms with Crippen molar-refractivity contribution in [1.82, 2.24) is 4.90 Å². The van der Waals surface area contributed by atoms with Gasteiger partial charge in [-0.3, -0.25) is 14.6 Å². The molecule has 2 aromatic rings. The van der Waals surface area contributed by atoms with E-state index >= 15 is 0 Å². The highest BCUT2D eigenvalue weighted by Crippen LogP contribution is 2.59. The first-order valence-electron chi connectivity index (χ1n) is 24.7. The quantitative estimate of drug-likeness (QED) is 0.0647. The number of ketones is 1. The maximum absolute atomic E-state index is 14.6. The average Bonchev–Trinajstić information content (AvgIpc) is 4.03. The first-order valence-corrected chi connectivity index (χ1v) is 24.7. The van der Waals surface area contributed by atoms with Gasteiger partial charge < -0.3 is 59.2 Å². The Balaban J connectivity index is 1.26. The van der Waals surface area contributed by atoms with Gasteiger partial charge in [-0.05, 0) is 105 Å². The Morgan fingerprint density at radius 3 is 2.59 bits per heavy atom. The van der Waals surface area contributed by atoms with Gasteiger partial charge in [0, 0.05) is 87.2 Å². The minimum Gasteiger partial charge on any atom is -0.492 e. The Hall–Kier alpha value is -4.78. The highest BCUT2D eigenvalue weighted by molar-refractivity contribution is 6.11. The number of aliphatic hydroxyl groups is 6. The van der Waals surface area contributed by atoms with Crippen molar-refractivity contribution in [1.29, 1.82) is 0 Å². The number of likely N-dealkylation sites (tertiary alicyclic amines) is 1. The standard InChI is InChI=1S/C53H66N2O14/c1-3-66-52(63)51-39(26-60)45-32-16-35(25-59)47(62)37(19-32)36-18-31-9-11-54-43(31)20-30(36)8-7-29(23-57)28-67-49-38-21-44(68-48(38)40(27-61)50(69-51)46(45)49)53(64)41(6-4-14-56)34(24-58)17-33-22-55(12-5-15-65-2)13-10-42(33)53/h9,17-18,20,26,29,33,35,37,41-42,44,56-59,61,64H,3-8,10-16,19,21-25,27-28H2,1-2H3/b45-32+/t29-,33+,35+,37+,41-,42+,44-,53+/m0/s1. The molecule has 1 saturated heterocycles. The number of nitrogens with zero attached hydrogens (tertiary/aromatic N) is 2. The number of piperidine rings is 1. The summed E-state index contributed by atoms with van der Waals surface area (Å²) in [6, 6.07) is 3.99. The molecular formula is C53H66N2O14. The van der Waals surface area contributed by atoms with E-state index in [9.17, 15) is 45.0 Å². The third kappa shape index (κ3) is 8.79. The summed E-state index contributed by atoms with van der Waals surface area (Å²) in [4.78, 5) is 49.2. The molecule has 0 unspecified atom stereocenters. The molecule has 2 aromatic carbocycles. The molecule has 5 heterocycles. The Morgan fingerprint density at radius 1 is 1.03 bits per heavy atom. The van der Waals surface area contributed by atoms with Crippen LogP contribution < -0.4 is 24.8 Å². The van der Waals surface area contributed by atoms with Crippen LogP contribution in [-0.4, -0.2) is 145 Å². The predicted molar refractivity (Wildman–Crippen MR) is 251 cm³/mol. The van der Waals surface area contributed by atoms with E-state index in [1.54, 1.807) is 14.0 Å². The molecule has 6 N–H and O–H groups in total. The van der Waals surface area contributed by atoms with Crippen molar-refractivity contribution >= 4 is 29.7 Å². The molecule has 69 heavy (non-hydrogen) atoms. The van der Waals surface area contributed by atoms with Crippen molar-refractivity contribution in [3.63, 3.8) is 0 Å². The number of ether oxygens (including phenoxy) is 5. The van der Waals surface area contributed by atoms with Crippen molar-refractivity contribution < 1.29 is 68.7 Å². The summed E-state index contributed by atoms with van der Waals surface area (Å²) in [5.41, 5.74) is 2.26. The van der Waals surface area contributed by atoms with Crippen LogP contribution in [0.5, 0.6) is 17.2 Å². The fourth-order valence-corrected chi connectivity index (χ4v) is 12.6. The van der Waals surface area contributed by atoms with Crippen LogP contribution in [0.15, 0.2) is 45.7 Å². The molecule has 372 valence electrons. The molecule has 9 rings (SSSR count). The number of fused-ring (bicyclic) bond motifs is 8. The van der Waals surface area contributed by atoms with Gasteiger partial charge in [0.1, 0.15) is 34.7 Å². The van der Waals surface area contributed by atoms with Crippen molar-refractivity contribution in [2.24, 2.45) is 34.6 Å². The first-order chi connectivity index (χ1) is 33.6. The van der Waals surface area contributed by atoms with E-state index in [2.05, 4.69) is 16.0 Å². The van der Waals surface area contributed by atoms with E-state index in [1.807, 2.05) is 18.2 Å². The van der Waals surface area contributed by atoms with Gasteiger partial charge >= 0.3 is 5.97 Å². The number of rotatable bonds is 15. The van der Waals surface area contributed by atoms with E-state index in [0.717, 1.165) is 34.7 Å². The van der Waals surface area contributed by atoms with E-state index in [1.165, 1.54) is 0 Å². The van der Waals surface area contributed by atoms with Crippen LogP contribution in [0.4, 0.5) is 0 Å². The van der Waals surface area contributed by atoms with Gasteiger partial charge in [-0.1, -0.05) is 17.7 Å². The van der Waals surface area contributed by atoms with Crippen molar-refractivity contribution in [3.05, 3.63) is 79.1 Å². The topological polar surface area (TPSA) is 234 Å². The van der Waals surface area contributed by atoms with E-state index in [0.29, 0.717) is 81.3 Å². The van der Waals surface area contributed by atoms with Crippen LogP contribution in [0.3, 0.4) is 0 Å². The van der Waals surface area contributed by atoms with Crippen LogP contribution >= 0.6 is 0 Å². The molecule has 0 radical (unpaired) electrons. The normalized spacial score (nSPS) is 29.4. The SMILES string of the molecule is CCOC(=O)C1=C(C=O)/C2=C3/C[C@H](CO)C(=O)[C@H](C3)c3cc4c(cc3CC[C@@H](CO)COc3c5c(c(CO)c(c32)O1)O[C@H]([C@]1(O)[C@@H]2CCN(CCCOC)C[C@H]2C=C(CO)[C@@H]1CCCO)C5)=NCC=4. The molecule has 0 spiro atoms. The molecule has 2 fully saturated rings. The van der Waals surface area contributed by atoms with Gasteiger partial charge in [0.2, 0.25) is 5.76 Å². The lowest BCUT2D eigenvalue weighted by Crippen LogP contribution is -2.63. The number of Topliss-reactive ketones (excluding diaryl/α,β-unsaturated/α-hetero) is 1. The monoisotopic (exact) mass is 954 g/mol. The zero-order chi connectivity index (χ0) is 48.6. The van der Waals surface area contributed by atoms with Crippen molar-refractivity contribution in [3.8, 4) is 17.2 Å². The number of esters is 1. The molecule has 16 heteroatoms. The third-order valence-electron chi connectivity index (χ3n) is 15.9. The van der Waals surface area contributed by atoms with Crippen molar-refractivity contribution in [2.45, 2.75) is 88.9 Å². The smallest absolute Gasteiger partial charge is 0.375 e. The molecule has 0 aromatic heterocycles. The molecule has 7 aliphatic rings. The third-order valence-corrected chi connectivity index (χ3v) is 15.9. The maximum Gasteiger partial charge on any atom is 0.375 e. The van der Waals surface area contributed by atoms with Crippen LogP contribution in [0.2, 0.25) is 0 Å². The number of benzene rings is 2. The van der Waals surface area contributed by atoms with E-state index in [4.69, 9.17) is 23.7 Å². The number of aliphatic hydroxyl groups excluding tert-OH is 5. The Kier molecular flexibility index (Phi) is 14.9. The summed E-state index contributed by atoms with van der Waals surface area (Å²) in [6.07, 6.45) is 6.95. The summed E-state index contributed by atoms with van der Waals surface area (Å²) in [7, 11) is 1.68. The lowest BCUT2D eigenvalue weighted by Gasteiger charge is -2.54. The second-order valence-electron chi connectivity index (χ2n) is 19.7. The summed E-state index contributed by atoms with van der Waals surface area (Å²) in [6.45, 7) is 2.99. The number of methoxy groups -OCH3 is 1. The van der Waals surface area contributed by atoms with Crippen LogP contribution in [0, 0.1) is 29.6 Å². The molecule has 1 saturated carbocycles. The molecule has 2 bridgehead atoms. The maximum atomic E-state index is 14.6. The summed E-state index contributed by atoms with van der Waals surface area (Å²) < 4.78 is 31.3. The number of carbonyl (C=O) groups is 3. The molecular weight excluding hydrogens is 889 g/mol. The van der Waals surface area contributed by atoms with Crippen LogP contribution in [0.25, 0.3) is 11.6 Å². The number of hydrogen-bond donors (Lipinski definition) is 6. The Labute approximate surface area is 401 Å². The Morgan fingerprint density at radius 2 is 1.87 bits per heavy atom. The second kappa shape index (κ2) is 20.9. The van der Waals surface area contributed by atoms with Gasteiger partial charge in [0.25, 0.3) is 0 Å². The second-order valence-corrected chi connectivity index (χ2v) is 19.7. The summed E-state index contributed by atoms with van der Waals surface area (Å²) in [5, 5.41) is 69.8. The lowest BCUT2D eigenvalue weighted by atomic mass is 9.58. The highest BCUT2D eigenvalue weighted by Gasteiger charge is 2.59. The highest BCUT2D eigenvalue weighted by atomic mass is 16.6.